The lowest BCUT2D eigenvalue weighted by molar-refractivity contribution is -0.897. The van der Waals surface area contributed by atoms with Gasteiger partial charge in [0.1, 0.15) is 92.1 Å². The average molecular weight is 1800 g/mol. The number of likely N-dealkylation sites (N-methyl/N-ethyl adjacent to an activating group) is 7. The van der Waals surface area contributed by atoms with Gasteiger partial charge in [-0.1, -0.05) is 0 Å². The summed E-state index contributed by atoms with van der Waals surface area (Å²) in [7, 11) is -6.62. The smallest absolute Gasteiger partial charge is 0.399 e. The van der Waals surface area contributed by atoms with Crippen LogP contribution in [-0.4, -0.2) is 404 Å². The van der Waals surface area contributed by atoms with Gasteiger partial charge < -0.3 is 86.1 Å². The molecule has 0 saturated carbocycles. The number of carbonyl (C=O) groups is 4. The van der Waals surface area contributed by atoms with Crippen molar-refractivity contribution in [2.75, 3.05) is 283 Å². The Morgan fingerprint density at radius 1 is 0.228 bits per heavy atom. The van der Waals surface area contributed by atoms with Crippen LogP contribution in [0.4, 0.5) is 0 Å². The van der Waals surface area contributed by atoms with Crippen LogP contribution in [0.2, 0.25) is 0 Å². The van der Waals surface area contributed by atoms with Gasteiger partial charge in [-0.2, -0.15) is 58.9 Å². The highest BCUT2D eigenvalue weighted by Crippen LogP contribution is 2.21. The SMILES string of the molecule is COS(=O)(=O)OCC[N+]1(C)CCCC1.COS(=O)(=O)OCC[N+]1(C)CCCC1.COS(=O)(=O)OCC[N+]1(C)CCCC1.COS(=O)(=O)OCC[N+]1(C)CCCC1.COS(=O)(=O)OCC[N+]1(C)CCCC1.COS(=O)(=O)OCC[N+]1(C)CCCC1.COS(=O)(=O)OCC[N+]1(C)CCCC1.O=C([O-])C(=O)[O-].O=C([O-])C(=O)[O-].[O-]B([O-])[O-]. The molecule has 0 bridgehead atoms. The van der Waals surface area contributed by atoms with Crippen LogP contribution in [0.5, 0.6) is 0 Å². The van der Waals surface area contributed by atoms with Crippen LogP contribution < -0.4 is 35.5 Å². The standard InChI is InChI=1S/7C8H18NO4S.2C2H2O4.BO3/c7*1-9(5-3-4-6-9)7-8-13-14(10,11)12-2;2*3-1(4)2(5)6;2-1(3)4/h7*3-8H2,1-2H3;2*(H,3,4)(H,5,6);/q7*+1;;;-3/p-4. The van der Waals surface area contributed by atoms with Gasteiger partial charge in [0, 0.05) is 89.9 Å². The van der Waals surface area contributed by atoms with Crippen molar-refractivity contribution in [1.82, 2.24) is 0 Å². The molecule has 7 saturated heterocycles. The summed E-state index contributed by atoms with van der Waals surface area (Å²) in [4.78, 5) is 35.7. The zero-order valence-corrected chi connectivity index (χ0v) is 73.9. The van der Waals surface area contributed by atoms with Crippen LogP contribution in [0, 0.1) is 0 Å². The molecule has 0 radical (unpaired) electrons. The molecule has 7 aliphatic rings. The number of carbonyl (C=O) groups excluding carboxylic acids is 4. The molecule has 0 unspecified atom stereocenters. The van der Waals surface area contributed by atoms with Crippen molar-refractivity contribution < 1.29 is 204 Å². The van der Waals surface area contributed by atoms with E-state index in [9.17, 15) is 58.9 Å². The van der Waals surface area contributed by atoms with Crippen molar-refractivity contribution in [1.29, 1.82) is 0 Å². The highest BCUT2D eigenvalue weighted by atomic mass is 32.3. The second kappa shape index (κ2) is 56.3. The number of quaternary nitrogens is 7. The fourth-order valence-electron chi connectivity index (χ4n) is 12.1. The Labute approximate surface area is 676 Å². The van der Waals surface area contributed by atoms with E-state index < -0.39 is 104 Å². The summed E-state index contributed by atoms with van der Waals surface area (Å²) in [6, 6.07) is 0. The number of rotatable bonds is 35. The average Bonchev–Trinajstić information content (AvgIpc) is 1.77. The molecule has 0 aromatic carbocycles. The largest absolute Gasteiger partial charge is 0.907 e. The highest BCUT2D eigenvalue weighted by Gasteiger charge is 2.33. The predicted octanol–water partition coefficient (Wildman–Crippen LogP) is -10.0. The minimum atomic E-state index is -3.75. The minimum Gasteiger partial charge on any atom is -0.907 e. The molecule has 7 heterocycles. The molecule has 7 aliphatic heterocycles. The topological polar surface area (TPSA) is 598 Å². The Kier molecular flexibility index (Phi) is 56.7. The van der Waals surface area contributed by atoms with Gasteiger partial charge in [-0.05, 0) is 0 Å². The van der Waals surface area contributed by atoms with Gasteiger partial charge in [-0.3, -0.25) is 36.6 Å². The first-order chi connectivity index (χ1) is 52.3. The van der Waals surface area contributed by atoms with Crippen LogP contribution in [0.25, 0.3) is 0 Å². The van der Waals surface area contributed by atoms with Gasteiger partial charge in [0.2, 0.25) is 0 Å². The molecule has 0 aliphatic carbocycles. The molecular formula is C60H126BN7O39S7. The van der Waals surface area contributed by atoms with E-state index in [4.69, 9.17) is 54.7 Å². The Bertz CT molecular complexity index is 2910. The molecule has 0 amide bonds. The molecule has 0 N–H and O–H groups in total. The van der Waals surface area contributed by atoms with Crippen LogP contribution in [0.1, 0.15) is 89.9 Å². The molecular weight excluding hydrogens is 1680 g/mol. The molecule has 7 rings (SSSR count). The lowest BCUT2D eigenvalue weighted by Gasteiger charge is -2.35. The van der Waals surface area contributed by atoms with Crippen molar-refractivity contribution >= 4 is 104 Å². The van der Waals surface area contributed by atoms with Gasteiger partial charge in [0.25, 0.3) is 0 Å². The van der Waals surface area contributed by atoms with Gasteiger partial charge in [-0.15, -0.1) is 0 Å². The summed E-state index contributed by atoms with van der Waals surface area (Å²) in [5.74, 6) is -8.74. The lowest BCUT2D eigenvalue weighted by Crippen LogP contribution is -2.56. The van der Waals surface area contributed by atoms with Gasteiger partial charge in [0.05, 0.1) is 215 Å². The van der Waals surface area contributed by atoms with E-state index in [1.165, 1.54) is 89.9 Å². The monoisotopic (exact) mass is 1800 g/mol. The Hall–Kier alpha value is -3.37. The van der Waals surface area contributed by atoms with Crippen molar-refractivity contribution in [2.24, 2.45) is 0 Å². The third kappa shape index (κ3) is 60.2. The first kappa shape index (κ1) is 115. The first-order valence-corrected chi connectivity index (χ1v) is 45.5. The summed E-state index contributed by atoms with van der Waals surface area (Å²) >= 11 is 0. The van der Waals surface area contributed by atoms with Gasteiger partial charge in [-0.25, -0.2) is 29.3 Å². The van der Waals surface area contributed by atoms with E-state index in [2.05, 4.69) is 108 Å². The molecule has 54 heteroatoms. The van der Waals surface area contributed by atoms with Gasteiger partial charge >= 0.3 is 72.8 Å². The lowest BCUT2D eigenvalue weighted by atomic mass is 10.3. The summed E-state index contributed by atoms with van der Waals surface area (Å²) in [6.45, 7) is 22.0. The molecule has 114 heavy (non-hydrogen) atoms. The number of carboxylic acids is 4. The van der Waals surface area contributed by atoms with E-state index in [0.717, 1.165) is 219 Å². The molecule has 0 aromatic heterocycles. The van der Waals surface area contributed by atoms with E-state index in [0.29, 0.717) is 0 Å². The quantitative estimate of drug-likeness (QED) is 0.0323. The van der Waals surface area contributed by atoms with Crippen molar-refractivity contribution in [2.45, 2.75) is 89.9 Å². The number of carboxylic acid groups (broad SMARTS) is 4. The summed E-state index contributed by atoms with van der Waals surface area (Å²) in [5, 5.41) is 61.0. The zero-order valence-electron chi connectivity index (χ0n) is 68.2. The van der Waals surface area contributed by atoms with Crippen LogP contribution in [0.15, 0.2) is 0 Å². The Balaban J connectivity index is -0.00000122. The number of hydrogen-bond donors (Lipinski definition) is 0. The molecule has 680 valence electrons. The maximum absolute atomic E-state index is 10.8. The number of aliphatic carboxylic acids is 4. The van der Waals surface area contributed by atoms with Crippen molar-refractivity contribution in [3.63, 3.8) is 0 Å². The predicted molar refractivity (Wildman–Crippen MR) is 389 cm³/mol. The summed E-state index contributed by atoms with van der Waals surface area (Å²) in [5.41, 5.74) is 0. The van der Waals surface area contributed by atoms with E-state index in [1.807, 2.05) is 0 Å². The molecule has 0 atom stereocenters. The number of hydrogen-bond acceptors (Lipinski definition) is 39. The van der Waals surface area contributed by atoms with Crippen LogP contribution in [0.3, 0.4) is 0 Å². The van der Waals surface area contributed by atoms with E-state index >= 15 is 0 Å². The Morgan fingerprint density at radius 3 is 0.368 bits per heavy atom. The third-order valence-corrected chi connectivity index (χ3v) is 25.3. The van der Waals surface area contributed by atoms with E-state index in [1.54, 1.807) is 0 Å². The molecule has 7 fully saturated rings. The second-order valence-electron chi connectivity index (χ2n) is 28.7. The fourth-order valence-corrected chi connectivity index (χ4v) is 14.7. The molecule has 0 aromatic rings. The highest BCUT2D eigenvalue weighted by molar-refractivity contribution is 7.83. The summed E-state index contributed by atoms with van der Waals surface area (Å²) < 4.78 is 220. The van der Waals surface area contributed by atoms with E-state index in [-0.39, 0.29) is 46.2 Å². The first-order valence-electron chi connectivity index (χ1n) is 36.2. The number of likely N-dealkylation sites (tertiary alicyclic amines) is 7. The second-order valence-corrected chi connectivity index (χ2v) is 38.4. The minimum absolute atomic E-state index is 0.201. The molecule has 46 nitrogen and oxygen atoms in total. The summed E-state index contributed by atoms with van der Waals surface area (Å²) in [6.07, 6.45) is 17.0. The zero-order chi connectivity index (χ0) is 88.5. The number of nitrogens with zero attached hydrogens (tertiary/aromatic N) is 7. The van der Waals surface area contributed by atoms with Crippen LogP contribution >= 0.6 is 0 Å². The maximum Gasteiger partial charge on any atom is 0.399 e. The normalized spacial score (nSPS) is 19.3. The Morgan fingerprint density at radius 2 is 0.307 bits per heavy atom. The fraction of sp³-hybridized carbons (Fsp3) is 0.933. The van der Waals surface area contributed by atoms with Gasteiger partial charge in [0.15, 0.2) is 0 Å². The van der Waals surface area contributed by atoms with Crippen molar-refractivity contribution in [3.05, 3.63) is 0 Å². The third-order valence-electron chi connectivity index (χ3n) is 19.3. The maximum atomic E-state index is 10.8. The van der Waals surface area contributed by atoms with Crippen LogP contribution in [-0.2, 0) is 151 Å². The van der Waals surface area contributed by atoms with Crippen molar-refractivity contribution in [3.8, 4) is 0 Å². The molecule has 0 spiro atoms.